The highest BCUT2D eigenvalue weighted by Gasteiger charge is 2.17. The minimum atomic E-state index is -0.670. The molecule has 0 saturated heterocycles. The molecule has 1 aromatic carbocycles. The molecular weight excluding hydrogens is 322 g/mol. The Kier molecular flexibility index (Phi) is 5.54. The maximum atomic E-state index is 12.4. The Labute approximate surface area is 137 Å². The summed E-state index contributed by atoms with van der Waals surface area (Å²) in [6.45, 7) is 0.452. The summed E-state index contributed by atoms with van der Waals surface area (Å²) in [5.41, 5.74) is 12.3. The fourth-order valence-corrected chi connectivity index (χ4v) is 2.98. The molecule has 1 aromatic heterocycles. The Morgan fingerprint density at radius 3 is 2.68 bits per heavy atom. The lowest BCUT2D eigenvalue weighted by Gasteiger charge is -2.17. The van der Waals surface area contributed by atoms with Gasteiger partial charge in [-0.15, -0.1) is 0 Å². The molecule has 1 unspecified atom stereocenters. The second kappa shape index (κ2) is 7.40. The Bertz CT molecular complexity index is 673. The third kappa shape index (κ3) is 3.85. The zero-order valence-corrected chi connectivity index (χ0v) is 13.3. The van der Waals surface area contributed by atoms with Gasteiger partial charge in [0.05, 0.1) is 16.6 Å². The number of nitrogens with one attached hydrogen (secondary N) is 1. The summed E-state index contributed by atoms with van der Waals surface area (Å²) in [5.74, 6) is -0.972. The molecule has 7 heteroatoms. The average Bonchev–Trinajstić information content (AvgIpc) is 3.01. The lowest BCUT2D eigenvalue weighted by Crippen LogP contribution is -2.30. The van der Waals surface area contributed by atoms with Gasteiger partial charge in [-0.2, -0.15) is 11.3 Å². The first kappa shape index (κ1) is 16.5. The van der Waals surface area contributed by atoms with Gasteiger partial charge in [0.2, 0.25) is 5.91 Å². The Hall–Kier alpha value is -1.89. The molecule has 0 aliphatic heterocycles. The maximum absolute atomic E-state index is 12.4. The number of rotatable bonds is 6. The molecule has 2 rings (SSSR count). The van der Waals surface area contributed by atoms with Crippen LogP contribution in [0.5, 0.6) is 0 Å². The molecule has 1 atom stereocenters. The van der Waals surface area contributed by atoms with Crippen LogP contribution in [0, 0.1) is 0 Å². The number of nitrogens with two attached hydrogens (primary N) is 2. The van der Waals surface area contributed by atoms with E-state index in [1.807, 2.05) is 16.8 Å². The zero-order valence-electron chi connectivity index (χ0n) is 11.7. The van der Waals surface area contributed by atoms with Crippen LogP contribution in [0.25, 0.3) is 0 Å². The molecular formula is C15H16ClN3O2S. The number of hydrogen-bond acceptors (Lipinski definition) is 4. The highest BCUT2D eigenvalue weighted by Crippen LogP contribution is 2.21. The number of amides is 2. The van der Waals surface area contributed by atoms with Gasteiger partial charge >= 0.3 is 0 Å². The van der Waals surface area contributed by atoms with Crippen LogP contribution in [0.4, 0.5) is 0 Å². The third-order valence-electron chi connectivity index (χ3n) is 3.20. The van der Waals surface area contributed by atoms with Crippen LogP contribution in [0.1, 0.15) is 38.7 Å². The van der Waals surface area contributed by atoms with E-state index < -0.39 is 5.91 Å². The number of hydrogen-bond donors (Lipinski definition) is 3. The van der Waals surface area contributed by atoms with Crippen LogP contribution in [-0.4, -0.2) is 18.4 Å². The monoisotopic (exact) mass is 337 g/mol. The van der Waals surface area contributed by atoms with Crippen LogP contribution >= 0.6 is 22.9 Å². The zero-order chi connectivity index (χ0) is 16.1. The summed E-state index contributed by atoms with van der Waals surface area (Å²) in [5, 5.41) is 7.05. The first-order valence-electron chi connectivity index (χ1n) is 6.65. The highest BCUT2D eigenvalue weighted by molar-refractivity contribution is 7.08. The van der Waals surface area contributed by atoms with Crippen molar-refractivity contribution in [3.8, 4) is 0 Å². The first-order valence-corrected chi connectivity index (χ1v) is 7.97. The van der Waals surface area contributed by atoms with Crippen LogP contribution in [0.3, 0.4) is 0 Å². The SMILES string of the molecule is NCCC(NC(=O)c1ccc(Cl)c(C(N)=O)c1)c1ccsc1. The van der Waals surface area contributed by atoms with Crippen molar-refractivity contribution >= 4 is 34.8 Å². The van der Waals surface area contributed by atoms with Crippen LogP contribution in [0.15, 0.2) is 35.0 Å². The summed E-state index contributed by atoms with van der Waals surface area (Å²) in [6, 6.07) is 6.21. The summed E-state index contributed by atoms with van der Waals surface area (Å²) in [6.07, 6.45) is 0.624. The number of carbonyl (C=O) groups is 2. The molecule has 0 bridgehead atoms. The van der Waals surface area contributed by atoms with Gasteiger partial charge in [0, 0.05) is 5.56 Å². The van der Waals surface area contributed by atoms with Gasteiger partial charge in [-0.05, 0) is 53.6 Å². The quantitative estimate of drug-likeness (QED) is 0.754. The van der Waals surface area contributed by atoms with Crippen molar-refractivity contribution in [2.45, 2.75) is 12.5 Å². The molecule has 0 saturated carbocycles. The first-order chi connectivity index (χ1) is 10.5. The Balaban J connectivity index is 2.20. The lowest BCUT2D eigenvalue weighted by atomic mass is 10.1. The summed E-state index contributed by atoms with van der Waals surface area (Å²) in [4.78, 5) is 23.7. The number of primary amides is 1. The highest BCUT2D eigenvalue weighted by atomic mass is 35.5. The summed E-state index contributed by atoms with van der Waals surface area (Å²) >= 11 is 7.44. The van der Waals surface area contributed by atoms with Gasteiger partial charge < -0.3 is 16.8 Å². The molecule has 2 amide bonds. The van der Waals surface area contributed by atoms with Crippen LogP contribution < -0.4 is 16.8 Å². The Morgan fingerprint density at radius 2 is 2.09 bits per heavy atom. The minimum Gasteiger partial charge on any atom is -0.366 e. The van der Waals surface area contributed by atoms with E-state index in [4.69, 9.17) is 23.1 Å². The van der Waals surface area contributed by atoms with Gasteiger partial charge in [-0.3, -0.25) is 9.59 Å². The molecule has 5 N–H and O–H groups in total. The minimum absolute atomic E-state index is 0.125. The number of carbonyl (C=O) groups excluding carboxylic acids is 2. The molecule has 0 fully saturated rings. The van der Waals surface area contributed by atoms with Crippen LogP contribution in [0.2, 0.25) is 5.02 Å². The van der Waals surface area contributed by atoms with Gasteiger partial charge in [0.1, 0.15) is 0 Å². The molecule has 22 heavy (non-hydrogen) atoms. The van der Waals surface area contributed by atoms with E-state index in [1.165, 1.54) is 12.1 Å². The third-order valence-corrected chi connectivity index (χ3v) is 4.23. The number of thiophene rings is 1. The normalized spacial score (nSPS) is 11.9. The number of benzene rings is 1. The Morgan fingerprint density at radius 1 is 1.32 bits per heavy atom. The molecule has 0 aliphatic rings. The molecule has 116 valence electrons. The van der Waals surface area contributed by atoms with Crippen molar-refractivity contribution in [2.75, 3.05) is 6.54 Å². The largest absolute Gasteiger partial charge is 0.366 e. The molecule has 0 radical (unpaired) electrons. The molecule has 5 nitrogen and oxygen atoms in total. The topological polar surface area (TPSA) is 98.2 Å². The van der Waals surface area contributed by atoms with Crippen molar-refractivity contribution in [2.24, 2.45) is 11.5 Å². The van der Waals surface area contributed by atoms with E-state index >= 15 is 0 Å². The predicted octanol–water partition coefficient (Wildman–Crippen LogP) is 2.32. The van der Waals surface area contributed by atoms with Crippen molar-refractivity contribution < 1.29 is 9.59 Å². The van der Waals surface area contributed by atoms with E-state index in [2.05, 4.69) is 5.32 Å². The van der Waals surface area contributed by atoms with E-state index in [-0.39, 0.29) is 22.5 Å². The van der Waals surface area contributed by atoms with Gasteiger partial charge in [-0.25, -0.2) is 0 Å². The van der Waals surface area contributed by atoms with Gasteiger partial charge in [-0.1, -0.05) is 11.6 Å². The second-order valence-corrected chi connectivity index (χ2v) is 5.91. The van der Waals surface area contributed by atoms with E-state index in [1.54, 1.807) is 17.4 Å². The summed E-state index contributed by atoms with van der Waals surface area (Å²) < 4.78 is 0. The van der Waals surface area contributed by atoms with E-state index in [9.17, 15) is 9.59 Å². The summed E-state index contributed by atoms with van der Waals surface area (Å²) in [7, 11) is 0. The van der Waals surface area contributed by atoms with E-state index in [0.29, 0.717) is 18.5 Å². The van der Waals surface area contributed by atoms with Crippen molar-refractivity contribution in [3.63, 3.8) is 0 Å². The second-order valence-electron chi connectivity index (χ2n) is 4.72. The van der Waals surface area contributed by atoms with Crippen molar-refractivity contribution in [1.29, 1.82) is 0 Å². The predicted molar refractivity (Wildman–Crippen MR) is 88.2 cm³/mol. The fourth-order valence-electron chi connectivity index (χ4n) is 2.06. The van der Waals surface area contributed by atoms with Gasteiger partial charge in [0.25, 0.3) is 5.91 Å². The average molecular weight is 338 g/mol. The molecule has 2 aromatic rings. The van der Waals surface area contributed by atoms with Crippen LogP contribution in [-0.2, 0) is 0 Å². The molecule has 1 heterocycles. The fraction of sp³-hybridized carbons (Fsp3) is 0.200. The molecule has 0 aliphatic carbocycles. The smallest absolute Gasteiger partial charge is 0.251 e. The van der Waals surface area contributed by atoms with Gasteiger partial charge in [0.15, 0.2) is 0 Å². The maximum Gasteiger partial charge on any atom is 0.251 e. The van der Waals surface area contributed by atoms with Crippen molar-refractivity contribution in [3.05, 3.63) is 56.7 Å². The standard InChI is InChI=1S/C15H16ClN3O2S/c16-12-2-1-9(7-11(12)14(18)20)15(21)19-13(3-5-17)10-4-6-22-8-10/h1-2,4,6-8,13H,3,5,17H2,(H2,18,20)(H,19,21). The number of halogens is 1. The van der Waals surface area contributed by atoms with Crippen molar-refractivity contribution in [1.82, 2.24) is 5.32 Å². The van der Waals surface area contributed by atoms with E-state index in [0.717, 1.165) is 5.56 Å². The molecule has 0 spiro atoms. The lowest BCUT2D eigenvalue weighted by molar-refractivity contribution is 0.0935.